The summed E-state index contributed by atoms with van der Waals surface area (Å²) in [7, 11) is 0. The Morgan fingerprint density at radius 2 is 1.77 bits per heavy atom. The van der Waals surface area contributed by atoms with Crippen molar-refractivity contribution >= 4 is 23.2 Å². The van der Waals surface area contributed by atoms with E-state index in [1.807, 2.05) is 6.92 Å². The maximum Gasteiger partial charge on any atom is 0.279 e. The summed E-state index contributed by atoms with van der Waals surface area (Å²) >= 11 is 1.24. The largest absolute Gasteiger partial charge is 0.279 e. The third kappa shape index (κ3) is 4.08. The fourth-order valence-corrected chi connectivity index (χ4v) is 3.71. The van der Waals surface area contributed by atoms with Crippen LogP contribution < -0.4 is 10.9 Å². The standard InChI is InChI=1S/C20H15FN6O2S/c1-12-10-14(4-7-16(12)27-11-22-25-26-27)19(28)23-24-20(29)18-9-8-17(30-18)13-2-5-15(21)6-3-13/h2-11H,1H3,(H,23,28)(H,24,29). The number of hydrogen-bond donors (Lipinski definition) is 2. The van der Waals surface area contributed by atoms with Crippen LogP contribution in [0.2, 0.25) is 0 Å². The number of hydrogen-bond acceptors (Lipinski definition) is 6. The van der Waals surface area contributed by atoms with Crippen molar-refractivity contribution in [3.63, 3.8) is 0 Å². The summed E-state index contributed by atoms with van der Waals surface area (Å²) in [5.74, 6) is -1.22. The number of halogens is 1. The van der Waals surface area contributed by atoms with E-state index in [1.54, 1.807) is 42.5 Å². The highest BCUT2D eigenvalue weighted by atomic mass is 32.1. The van der Waals surface area contributed by atoms with Gasteiger partial charge in [0.05, 0.1) is 10.6 Å². The first-order valence-electron chi connectivity index (χ1n) is 8.82. The van der Waals surface area contributed by atoms with Crippen LogP contribution >= 0.6 is 11.3 Å². The van der Waals surface area contributed by atoms with E-state index in [9.17, 15) is 14.0 Å². The van der Waals surface area contributed by atoms with Crippen molar-refractivity contribution in [3.8, 4) is 16.1 Å². The number of nitrogens with one attached hydrogen (secondary N) is 2. The zero-order chi connectivity index (χ0) is 21.1. The first-order valence-corrected chi connectivity index (χ1v) is 9.63. The summed E-state index contributed by atoms with van der Waals surface area (Å²) in [5.41, 5.74) is 7.54. The summed E-state index contributed by atoms with van der Waals surface area (Å²) in [6.45, 7) is 1.83. The molecule has 4 rings (SSSR count). The Labute approximate surface area is 174 Å². The van der Waals surface area contributed by atoms with Crippen LogP contribution in [-0.4, -0.2) is 32.0 Å². The Morgan fingerprint density at radius 3 is 2.47 bits per heavy atom. The number of aryl methyl sites for hydroxylation is 1. The highest BCUT2D eigenvalue weighted by Gasteiger charge is 2.13. The monoisotopic (exact) mass is 422 g/mol. The van der Waals surface area contributed by atoms with E-state index in [1.165, 1.54) is 34.5 Å². The Hall–Kier alpha value is -3.92. The van der Waals surface area contributed by atoms with E-state index in [0.717, 1.165) is 21.7 Å². The molecule has 0 bridgehead atoms. The molecule has 0 unspecified atom stereocenters. The number of amides is 2. The van der Waals surface area contributed by atoms with Crippen LogP contribution in [-0.2, 0) is 0 Å². The van der Waals surface area contributed by atoms with Crippen LogP contribution in [0.15, 0.2) is 60.9 Å². The molecule has 0 aliphatic rings. The Balaban J connectivity index is 1.40. The molecule has 150 valence electrons. The first kappa shape index (κ1) is 19.4. The van der Waals surface area contributed by atoms with Gasteiger partial charge in [-0.25, -0.2) is 9.07 Å². The topological polar surface area (TPSA) is 102 Å². The summed E-state index contributed by atoms with van der Waals surface area (Å²) in [6, 6.07) is 14.4. The molecule has 0 radical (unpaired) electrons. The van der Waals surface area contributed by atoms with Crippen molar-refractivity contribution in [2.75, 3.05) is 0 Å². The van der Waals surface area contributed by atoms with Gasteiger partial charge in [0.2, 0.25) is 0 Å². The van der Waals surface area contributed by atoms with E-state index in [-0.39, 0.29) is 5.82 Å². The molecule has 10 heteroatoms. The van der Waals surface area contributed by atoms with E-state index in [0.29, 0.717) is 10.4 Å². The third-order valence-corrected chi connectivity index (χ3v) is 5.44. The molecular weight excluding hydrogens is 407 g/mol. The number of carbonyl (C=O) groups excluding carboxylic acids is 2. The molecule has 2 heterocycles. The minimum atomic E-state index is -0.454. The van der Waals surface area contributed by atoms with Crippen molar-refractivity contribution in [1.29, 1.82) is 0 Å². The van der Waals surface area contributed by atoms with Crippen LogP contribution in [0.5, 0.6) is 0 Å². The Kier molecular flexibility index (Phi) is 5.31. The van der Waals surface area contributed by atoms with Crippen LogP contribution in [0.3, 0.4) is 0 Å². The smallest absolute Gasteiger partial charge is 0.267 e. The lowest BCUT2D eigenvalue weighted by molar-refractivity contribution is 0.0849. The molecule has 0 spiro atoms. The molecule has 0 saturated carbocycles. The lowest BCUT2D eigenvalue weighted by Crippen LogP contribution is -2.41. The van der Waals surface area contributed by atoms with Gasteiger partial charge < -0.3 is 0 Å². The summed E-state index contributed by atoms with van der Waals surface area (Å²) in [6.07, 6.45) is 1.46. The van der Waals surface area contributed by atoms with Gasteiger partial charge in [0.1, 0.15) is 12.1 Å². The minimum absolute atomic E-state index is 0.322. The minimum Gasteiger partial charge on any atom is -0.267 e. The number of hydrazine groups is 1. The Morgan fingerprint density at radius 1 is 1.00 bits per heavy atom. The van der Waals surface area contributed by atoms with Crippen molar-refractivity contribution in [3.05, 3.63) is 82.7 Å². The predicted molar refractivity (Wildman–Crippen MR) is 109 cm³/mol. The number of carbonyl (C=O) groups is 2. The van der Waals surface area contributed by atoms with E-state index in [2.05, 4.69) is 26.4 Å². The van der Waals surface area contributed by atoms with Crippen LogP contribution in [0, 0.1) is 12.7 Å². The molecule has 2 amide bonds. The summed E-state index contributed by atoms with van der Waals surface area (Å²) in [4.78, 5) is 26.0. The number of aromatic nitrogens is 4. The molecule has 0 fully saturated rings. The van der Waals surface area contributed by atoms with Gasteiger partial charge in [-0.3, -0.25) is 20.4 Å². The van der Waals surface area contributed by atoms with Gasteiger partial charge in [-0.2, -0.15) is 0 Å². The maximum atomic E-state index is 13.1. The van der Waals surface area contributed by atoms with Crippen molar-refractivity contribution in [2.45, 2.75) is 6.92 Å². The lowest BCUT2D eigenvalue weighted by atomic mass is 10.1. The van der Waals surface area contributed by atoms with Gasteiger partial charge in [-0.15, -0.1) is 16.4 Å². The fraction of sp³-hybridized carbons (Fsp3) is 0.0500. The molecule has 0 saturated heterocycles. The maximum absolute atomic E-state index is 13.1. The summed E-state index contributed by atoms with van der Waals surface area (Å²) in [5, 5.41) is 11.0. The third-order valence-electron chi connectivity index (χ3n) is 4.30. The van der Waals surface area contributed by atoms with Gasteiger partial charge in [-0.1, -0.05) is 12.1 Å². The SMILES string of the molecule is Cc1cc(C(=O)NNC(=O)c2ccc(-c3ccc(F)cc3)s2)ccc1-n1cnnn1. The van der Waals surface area contributed by atoms with Crippen LogP contribution in [0.1, 0.15) is 25.6 Å². The average Bonchev–Trinajstić information content (AvgIpc) is 3.44. The number of tetrazole rings is 1. The molecular formula is C20H15FN6O2S. The van der Waals surface area contributed by atoms with Gasteiger partial charge in [-0.05, 0) is 70.9 Å². The van der Waals surface area contributed by atoms with Gasteiger partial charge >= 0.3 is 0 Å². The van der Waals surface area contributed by atoms with Crippen molar-refractivity contribution < 1.29 is 14.0 Å². The summed E-state index contributed by atoms with van der Waals surface area (Å²) < 4.78 is 14.6. The van der Waals surface area contributed by atoms with Crippen molar-refractivity contribution in [2.24, 2.45) is 0 Å². The second-order valence-electron chi connectivity index (χ2n) is 6.33. The van der Waals surface area contributed by atoms with Crippen molar-refractivity contribution in [1.82, 2.24) is 31.1 Å². The number of nitrogens with zero attached hydrogens (tertiary/aromatic N) is 4. The quantitative estimate of drug-likeness (QED) is 0.493. The predicted octanol–water partition coefficient (Wildman–Crippen LogP) is 2.91. The van der Waals surface area contributed by atoms with Gasteiger partial charge in [0.15, 0.2) is 0 Å². The molecule has 4 aromatic rings. The van der Waals surface area contributed by atoms with Gasteiger partial charge in [0.25, 0.3) is 11.8 Å². The average molecular weight is 422 g/mol. The van der Waals surface area contributed by atoms with Crippen LogP contribution in [0.4, 0.5) is 4.39 Å². The molecule has 2 aromatic carbocycles. The Bertz CT molecular complexity index is 1200. The first-order chi connectivity index (χ1) is 14.5. The van der Waals surface area contributed by atoms with E-state index in [4.69, 9.17) is 0 Å². The molecule has 30 heavy (non-hydrogen) atoms. The number of rotatable bonds is 4. The zero-order valence-electron chi connectivity index (χ0n) is 15.7. The molecule has 2 N–H and O–H groups in total. The highest BCUT2D eigenvalue weighted by molar-refractivity contribution is 7.17. The molecule has 0 aliphatic heterocycles. The number of thiophene rings is 1. The fourth-order valence-electron chi connectivity index (χ4n) is 2.80. The molecule has 0 aliphatic carbocycles. The second kappa shape index (κ2) is 8.21. The van der Waals surface area contributed by atoms with Crippen LogP contribution in [0.25, 0.3) is 16.1 Å². The van der Waals surface area contributed by atoms with Gasteiger partial charge in [0, 0.05) is 10.4 Å². The molecule has 8 nitrogen and oxygen atoms in total. The highest BCUT2D eigenvalue weighted by Crippen LogP contribution is 2.28. The lowest BCUT2D eigenvalue weighted by Gasteiger charge is -2.09. The normalized spacial score (nSPS) is 10.6. The second-order valence-corrected chi connectivity index (χ2v) is 7.42. The van der Waals surface area contributed by atoms with E-state index >= 15 is 0 Å². The molecule has 2 aromatic heterocycles. The molecule has 0 atom stereocenters. The van der Waals surface area contributed by atoms with E-state index < -0.39 is 11.8 Å². The zero-order valence-corrected chi connectivity index (χ0v) is 16.5. The number of benzene rings is 2.